The van der Waals surface area contributed by atoms with Gasteiger partial charge >= 0.3 is 0 Å². The lowest BCUT2D eigenvalue weighted by molar-refractivity contribution is 0.547. The van der Waals surface area contributed by atoms with E-state index < -0.39 is 0 Å². The molecule has 20 heavy (non-hydrogen) atoms. The SMILES string of the molecule is CCCNC(c1ccc(F)c(Br)c1)c1c(Br)nnn1C. The van der Waals surface area contributed by atoms with Crippen molar-refractivity contribution in [2.24, 2.45) is 7.05 Å². The van der Waals surface area contributed by atoms with Gasteiger partial charge in [0.1, 0.15) is 5.82 Å². The number of nitrogens with zero attached hydrogens (tertiary/aromatic N) is 3. The second-order valence-corrected chi connectivity index (χ2v) is 6.06. The number of hydrogen-bond donors (Lipinski definition) is 1. The minimum Gasteiger partial charge on any atom is -0.305 e. The second-order valence-electron chi connectivity index (χ2n) is 4.45. The van der Waals surface area contributed by atoms with Crippen LogP contribution in [0.4, 0.5) is 4.39 Å². The first kappa shape index (κ1) is 15.6. The molecule has 4 nitrogen and oxygen atoms in total. The molecule has 0 saturated heterocycles. The number of aryl methyl sites for hydroxylation is 1. The van der Waals surface area contributed by atoms with Crippen LogP contribution in [-0.4, -0.2) is 21.5 Å². The minimum absolute atomic E-state index is 0.0961. The summed E-state index contributed by atoms with van der Waals surface area (Å²) >= 11 is 6.65. The summed E-state index contributed by atoms with van der Waals surface area (Å²) in [7, 11) is 1.84. The Hall–Kier alpha value is -0.790. The zero-order valence-electron chi connectivity index (χ0n) is 11.2. The van der Waals surface area contributed by atoms with E-state index in [9.17, 15) is 4.39 Å². The van der Waals surface area contributed by atoms with Gasteiger partial charge in [-0.25, -0.2) is 9.07 Å². The first-order valence-electron chi connectivity index (χ1n) is 6.28. The lowest BCUT2D eigenvalue weighted by Gasteiger charge is -2.19. The van der Waals surface area contributed by atoms with Gasteiger partial charge in [0.15, 0.2) is 4.60 Å². The molecule has 2 rings (SSSR count). The number of benzene rings is 1. The van der Waals surface area contributed by atoms with Crippen LogP contribution < -0.4 is 5.32 Å². The number of aromatic nitrogens is 3. The summed E-state index contributed by atoms with van der Waals surface area (Å²) in [5.41, 5.74) is 1.87. The molecule has 1 aromatic heterocycles. The molecule has 0 bridgehead atoms. The van der Waals surface area contributed by atoms with E-state index in [2.05, 4.69) is 54.4 Å². The summed E-state index contributed by atoms with van der Waals surface area (Å²) in [5.74, 6) is -0.273. The highest BCUT2D eigenvalue weighted by atomic mass is 79.9. The van der Waals surface area contributed by atoms with Gasteiger partial charge in [-0.3, -0.25) is 0 Å². The second kappa shape index (κ2) is 6.78. The quantitative estimate of drug-likeness (QED) is 0.826. The maximum absolute atomic E-state index is 13.4. The van der Waals surface area contributed by atoms with E-state index in [1.807, 2.05) is 7.05 Å². The molecule has 108 valence electrons. The van der Waals surface area contributed by atoms with E-state index in [4.69, 9.17) is 0 Å². The molecule has 0 aliphatic heterocycles. The maximum atomic E-state index is 13.4. The van der Waals surface area contributed by atoms with E-state index in [0.717, 1.165) is 24.2 Å². The largest absolute Gasteiger partial charge is 0.305 e. The van der Waals surface area contributed by atoms with Gasteiger partial charge in [-0.2, -0.15) is 0 Å². The monoisotopic (exact) mass is 404 g/mol. The topological polar surface area (TPSA) is 42.7 Å². The van der Waals surface area contributed by atoms with Crippen LogP contribution in [0.15, 0.2) is 27.3 Å². The van der Waals surface area contributed by atoms with Gasteiger partial charge in [-0.05, 0) is 62.5 Å². The number of rotatable bonds is 5. The Balaban J connectivity index is 2.44. The molecule has 1 aromatic carbocycles. The van der Waals surface area contributed by atoms with E-state index in [0.29, 0.717) is 9.08 Å². The lowest BCUT2D eigenvalue weighted by atomic mass is 10.0. The zero-order chi connectivity index (χ0) is 14.7. The summed E-state index contributed by atoms with van der Waals surface area (Å²) in [6, 6.07) is 4.91. The van der Waals surface area contributed by atoms with Crippen LogP contribution in [0, 0.1) is 5.82 Å². The van der Waals surface area contributed by atoms with Crippen molar-refractivity contribution in [3.63, 3.8) is 0 Å². The van der Waals surface area contributed by atoms with Crippen molar-refractivity contribution in [2.75, 3.05) is 6.54 Å². The zero-order valence-corrected chi connectivity index (χ0v) is 14.4. The summed E-state index contributed by atoms with van der Waals surface area (Å²) in [6.07, 6.45) is 1.00. The lowest BCUT2D eigenvalue weighted by Crippen LogP contribution is -2.25. The van der Waals surface area contributed by atoms with Crippen LogP contribution >= 0.6 is 31.9 Å². The molecule has 1 N–H and O–H groups in total. The Labute approximate surface area is 134 Å². The Morgan fingerprint density at radius 3 is 2.70 bits per heavy atom. The third-order valence-corrected chi connectivity index (χ3v) is 4.15. The molecule has 0 radical (unpaired) electrons. The predicted octanol–water partition coefficient (Wildman–Crippen LogP) is 3.57. The van der Waals surface area contributed by atoms with Gasteiger partial charge in [-0.15, -0.1) is 5.10 Å². The third kappa shape index (κ3) is 3.27. The molecule has 0 aliphatic rings. The van der Waals surface area contributed by atoms with Crippen LogP contribution in [0.25, 0.3) is 0 Å². The maximum Gasteiger partial charge on any atom is 0.153 e. The smallest absolute Gasteiger partial charge is 0.153 e. The van der Waals surface area contributed by atoms with Crippen molar-refractivity contribution in [3.8, 4) is 0 Å². The van der Waals surface area contributed by atoms with E-state index >= 15 is 0 Å². The fourth-order valence-electron chi connectivity index (χ4n) is 2.00. The average Bonchev–Trinajstić information content (AvgIpc) is 2.75. The van der Waals surface area contributed by atoms with Gasteiger partial charge in [0, 0.05) is 7.05 Å². The fourth-order valence-corrected chi connectivity index (χ4v) is 2.95. The van der Waals surface area contributed by atoms with Crippen molar-refractivity contribution < 1.29 is 4.39 Å². The Morgan fingerprint density at radius 2 is 2.15 bits per heavy atom. The average molecular weight is 406 g/mol. The molecule has 7 heteroatoms. The summed E-state index contributed by atoms with van der Waals surface area (Å²) in [5, 5.41) is 11.5. The van der Waals surface area contributed by atoms with Crippen molar-refractivity contribution in [1.82, 2.24) is 20.3 Å². The number of halogens is 3. The molecule has 1 heterocycles. The highest BCUT2D eigenvalue weighted by Crippen LogP contribution is 2.29. The van der Waals surface area contributed by atoms with Crippen molar-refractivity contribution >= 4 is 31.9 Å². The Morgan fingerprint density at radius 1 is 1.40 bits per heavy atom. The van der Waals surface area contributed by atoms with Crippen molar-refractivity contribution in [2.45, 2.75) is 19.4 Å². The summed E-state index contributed by atoms with van der Waals surface area (Å²) < 4.78 is 16.3. The van der Waals surface area contributed by atoms with Crippen molar-refractivity contribution in [3.05, 3.63) is 44.3 Å². The molecule has 1 atom stereocenters. The fraction of sp³-hybridized carbons (Fsp3) is 0.385. The molecule has 0 saturated carbocycles. The molecule has 1 unspecified atom stereocenters. The van der Waals surface area contributed by atoms with Gasteiger partial charge in [-0.1, -0.05) is 18.2 Å². The molecule has 0 aliphatic carbocycles. The van der Waals surface area contributed by atoms with E-state index in [1.54, 1.807) is 16.8 Å². The summed E-state index contributed by atoms with van der Waals surface area (Å²) in [6.45, 7) is 2.94. The standard InChI is InChI=1S/C13H15Br2FN4/c1-3-6-17-11(12-13(15)18-19-20(12)2)8-4-5-10(16)9(14)7-8/h4-5,7,11,17H,3,6H2,1-2H3. The van der Waals surface area contributed by atoms with Gasteiger partial charge in [0.2, 0.25) is 0 Å². The van der Waals surface area contributed by atoms with E-state index in [-0.39, 0.29) is 11.9 Å². The molecule has 0 fully saturated rings. The first-order chi connectivity index (χ1) is 9.54. The van der Waals surface area contributed by atoms with Crippen LogP contribution in [0.1, 0.15) is 30.6 Å². The predicted molar refractivity (Wildman–Crippen MR) is 82.9 cm³/mol. The highest BCUT2D eigenvalue weighted by Gasteiger charge is 2.22. The number of hydrogen-bond acceptors (Lipinski definition) is 3. The molecule has 0 amide bonds. The Bertz CT molecular complexity index is 581. The highest BCUT2D eigenvalue weighted by molar-refractivity contribution is 9.10. The van der Waals surface area contributed by atoms with Gasteiger partial charge in [0.05, 0.1) is 16.2 Å². The molecular formula is C13H15Br2FN4. The van der Waals surface area contributed by atoms with Crippen LogP contribution in [0.3, 0.4) is 0 Å². The Kier molecular flexibility index (Phi) is 5.29. The van der Waals surface area contributed by atoms with E-state index in [1.165, 1.54) is 6.07 Å². The third-order valence-electron chi connectivity index (χ3n) is 2.98. The summed E-state index contributed by atoms with van der Waals surface area (Å²) in [4.78, 5) is 0. The molecule has 0 spiro atoms. The minimum atomic E-state index is -0.273. The number of nitrogens with one attached hydrogen (secondary N) is 1. The van der Waals surface area contributed by atoms with Gasteiger partial charge in [0.25, 0.3) is 0 Å². The van der Waals surface area contributed by atoms with Gasteiger partial charge < -0.3 is 5.32 Å². The normalized spacial score (nSPS) is 12.7. The van der Waals surface area contributed by atoms with Crippen LogP contribution in [0.2, 0.25) is 0 Å². The molecular weight excluding hydrogens is 391 g/mol. The first-order valence-corrected chi connectivity index (χ1v) is 7.86. The van der Waals surface area contributed by atoms with Crippen molar-refractivity contribution in [1.29, 1.82) is 0 Å². The van der Waals surface area contributed by atoms with Crippen LogP contribution in [0.5, 0.6) is 0 Å². The van der Waals surface area contributed by atoms with Crippen LogP contribution in [-0.2, 0) is 7.05 Å². The molecule has 2 aromatic rings.